The Morgan fingerprint density at radius 3 is 2.52 bits per heavy atom. The van der Waals surface area contributed by atoms with Crippen LogP contribution in [0.2, 0.25) is 0 Å². The van der Waals surface area contributed by atoms with Crippen LogP contribution in [-0.4, -0.2) is 58.6 Å². The predicted molar refractivity (Wildman–Crippen MR) is 113 cm³/mol. The zero-order chi connectivity index (χ0) is 21.6. The molecule has 1 aromatic heterocycles. The Morgan fingerprint density at radius 2 is 1.81 bits per heavy atom. The summed E-state index contributed by atoms with van der Waals surface area (Å²) in [6.45, 7) is 5.05. The first-order valence-electron chi connectivity index (χ1n) is 10.4. The van der Waals surface area contributed by atoms with Gasteiger partial charge < -0.3 is 14.2 Å². The second kappa shape index (κ2) is 9.70. The van der Waals surface area contributed by atoms with Crippen molar-refractivity contribution in [2.45, 2.75) is 19.4 Å². The monoisotopic (exact) mass is 424 g/mol. The molecule has 1 aliphatic heterocycles. The number of hydrogen-bond donors (Lipinski definition) is 0. The van der Waals surface area contributed by atoms with E-state index in [4.69, 9.17) is 9.26 Å². The van der Waals surface area contributed by atoms with E-state index in [0.717, 1.165) is 18.7 Å². The van der Waals surface area contributed by atoms with Crippen LogP contribution in [0.4, 0.5) is 4.39 Å². The SMILES string of the molecule is CC(c1nc(-c2ccccc2)no1)N1CCN(C(=O)CCOc2ccc(F)cc2)CC1. The van der Waals surface area contributed by atoms with Gasteiger partial charge in [-0.15, -0.1) is 0 Å². The maximum atomic E-state index is 12.9. The van der Waals surface area contributed by atoms with Crippen molar-refractivity contribution < 1.29 is 18.4 Å². The predicted octanol–water partition coefficient (Wildman–Crippen LogP) is 3.55. The lowest BCUT2D eigenvalue weighted by Gasteiger charge is -2.36. The maximum absolute atomic E-state index is 12.9. The average Bonchev–Trinajstić information content (AvgIpc) is 3.31. The Morgan fingerprint density at radius 1 is 1.10 bits per heavy atom. The molecule has 0 aliphatic carbocycles. The summed E-state index contributed by atoms with van der Waals surface area (Å²) in [5.74, 6) is 1.46. The van der Waals surface area contributed by atoms with Crippen LogP contribution in [0.25, 0.3) is 11.4 Å². The van der Waals surface area contributed by atoms with Crippen LogP contribution in [0, 0.1) is 5.82 Å². The van der Waals surface area contributed by atoms with Crippen molar-refractivity contribution in [2.75, 3.05) is 32.8 Å². The molecule has 31 heavy (non-hydrogen) atoms. The second-order valence-electron chi connectivity index (χ2n) is 7.47. The van der Waals surface area contributed by atoms with Crippen molar-refractivity contribution in [2.24, 2.45) is 0 Å². The van der Waals surface area contributed by atoms with Crippen molar-refractivity contribution in [3.8, 4) is 17.1 Å². The van der Waals surface area contributed by atoms with E-state index < -0.39 is 0 Å². The van der Waals surface area contributed by atoms with E-state index in [1.54, 1.807) is 12.1 Å². The molecule has 0 bridgehead atoms. The van der Waals surface area contributed by atoms with E-state index in [1.807, 2.05) is 42.2 Å². The smallest absolute Gasteiger partial charge is 0.244 e. The molecule has 7 nitrogen and oxygen atoms in total. The third-order valence-electron chi connectivity index (χ3n) is 5.44. The number of piperazine rings is 1. The normalized spacial score (nSPS) is 15.6. The summed E-state index contributed by atoms with van der Waals surface area (Å²) in [6, 6.07) is 15.5. The van der Waals surface area contributed by atoms with Gasteiger partial charge in [0.05, 0.1) is 19.1 Å². The van der Waals surface area contributed by atoms with Gasteiger partial charge in [-0.25, -0.2) is 4.39 Å². The van der Waals surface area contributed by atoms with Crippen molar-refractivity contribution in [1.29, 1.82) is 0 Å². The summed E-state index contributed by atoms with van der Waals surface area (Å²) < 4.78 is 23.9. The van der Waals surface area contributed by atoms with Gasteiger partial charge in [0.2, 0.25) is 17.6 Å². The maximum Gasteiger partial charge on any atom is 0.244 e. The first kappa shape index (κ1) is 21.0. The summed E-state index contributed by atoms with van der Waals surface area (Å²) >= 11 is 0. The van der Waals surface area contributed by atoms with Crippen molar-refractivity contribution in [3.05, 3.63) is 66.3 Å². The van der Waals surface area contributed by atoms with Crippen molar-refractivity contribution in [3.63, 3.8) is 0 Å². The van der Waals surface area contributed by atoms with Gasteiger partial charge in [0.25, 0.3) is 0 Å². The molecule has 0 radical (unpaired) electrons. The molecule has 1 aliphatic rings. The van der Waals surface area contributed by atoms with Crippen LogP contribution in [0.15, 0.2) is 59.1 Å². The number of nitrogens with zero attached hydrogens (tertiary/aromatic N) is 4. The minimum Gasteiger partial charge on any atom is -0.493 e. The average molecular weight is 424 g/mol. The molecule has 1 fully saturated rings. The highest BCUT2D eigenvalue weighted by molar-refractivity contribution is 5.76. The molecule has 0 spiro atoms. The molecule has 1 amide bonds. The summed E-state index contributed by atoms with van der Waals surface area (Å²) in [5, 5.41) is 4.10. The molecule has 1 unspecified atom stereocenters. The molecule has 4 rings (SSSR count). The number of aromatic nitrogens is 2. The lowest BCUT2D eigenvalue weighted by atomic mass is 10.2. The van der Waals surface area contributed by atoms with Crippen LogP contribution >= 0.6 is 0 Å². The quantitative estimate of drug-likeness (QED) is 0.578. The zero-order valence-corrected chi connectivity index (χ0v) is 17.4. The number of benzene rings is 2. The van der Waals surface area contributed by atoms with Gasteiger partial charge in [-0.3, -0.25) is 9.69 Å². The second-order valence-corrected chi connectivity index (χ2v) is 7.47. The van der Waals surface area contributed by atoms with Gasteiger partial charge in [-0.2, -0.15) is 4.98 Å². The Bertz CT molecular complexity index is 986. The van der Waals surface area contributed by atoms with Gasteiger partial charge in [0.15, 0.2) is 0 Å². The molecule has 0 saturated carbocycles. The van der Waals surface area contributed by atoms with Crippen LogP contribution in [-0.2, 0) is 4.79 Å². The summed E-state index contributed by atoms with van der Waals surface area (Å²) in [6.07, 6.45) is 0.289. The number of ether oxygens (including phenoxy) is 1. The minimum absolute atomic E-state index is 0.0241. The summed E-state index contributed by atoms with van der Waals surface area (Å²) in [5.41, 5.74) is 0.919. The molecule has 1 saturated heterocycles. The number of hydrogen-bond acceptors (Lipinski definition) is 6. The fraction of sp³-hybridized carbons (Fsp3) is 0.348. The van der Waals surface area contributed by atoms with Gasteiger partial charge in [0, 0.05) is 31.7 Å². The van der Waals surface area contributed by atoms with E-state index >= 15 is 0 Å². The standard InChI is InChI=1S/C23H25FN4O3/c1-17(23-25-22(26-31-23)18-5-3-2-4-6-18)27-12-14-28(15-13-27)21(29)11-16-30-20-9-7-19(24)8-10-20/h2-10,17H,11-16H2,1H3. The molecule has 3 aromatic rings. The molecule has 8 heteroatoms. The van der Waals surface area contributed by atoms with Crippen LogP contribution in [0.5, 0.6) is 5.75 Å². The number of halogens is 1. The molecular formula is C23H25FN4O3. The number of rotatable bonds is 7. The molecule has 1 atom stereocenters. The largest absolute Gasteiger partial charge is 0.493 e. The van der Waals surface area contributed by atoms with E-state index in [0.29, 0.717) is 30.6 Å². The highest BCUT2D eigenvalue weighted by atomic mass is 19.1. The Labute approximate surface area is 180 Å². The first-order chi connectivity index (χ1) is 15.1. The molecule has 162 valence electrons. The third-order valence-corrected chi connectivity index (χ3v) is 5.44. The highest BCUT2D eigenvalue weighted by Crippen LogP contribution is 2.23. The zero-order valence-electron chi connectivity index (χ0n) is 17.4. The van der Waals surface area contributed by atoms with Crippen molar-refractivity contribution in [1.82, 2.24) is 19.9 Å². The van der Waals surface area contributed by atoms with E-state index in [1.165, 1.54) is 12.1 Å². The Balaban J connectivity index is 1.24. The summed E-state index contributed by atoms with van der Waals surface area (Å²) in [4.78, 5) is 21.1. The van der Waals surface area contributed by atoms with E-state index in [2.05, 4.69) is 15.0 Å². The lowest BCUT2D eigenvalue weighted by Crippen LogP contribution is -2.49. The topological polar surface area (TPSA) is 71.7 Å². The van der Waals surface area contributed by atoms with Gasteiger partial charge in [0.1, 0.15) is 11.6 Å². The number of carbonyl (C=O) groups is 1. The first-order valence-corrected chi connectivity index (χ1v) is 10.4. The van der Waals surface area contributed by atoms with Crippen LogP contribution in [0.3, 0.4) is 0 Å². The van der Waals surface area contributed by atoms with Gasteiger partial charge in [-0.05, 0) is 31.2 Å². The van der Waals surface area contributed by atoms with Crippen LogP contribution < -0.4 is 4.74 Å². The number of carbonyl (C=O) groups excluding carboxylic acids is 1. The third kappa shape index (κ3) is 5.27. The van der Waals surface area contributed by atoms with Gasteiger partial charge >= 0.3 is 0 Å². The fourth-order valence-corrected chi connectivity index (χ4v) is 3.57. The minimum atomic E-state index is -0.313. The number of amides is 1. The Kier molecular flexibility index (Phi) is 6.57. The lowest BCUT2D eigenvalue weighted by molar-refractivity contribution is -0.133. The van der Waals surface area contributed by atoms with Crippen LogP contribution in [0.1, 0.15) is 25.3 Å². The fourth-order valence-electron chi connectivity index (χ4n) is 3.57. The summed E-state index contributed by atoms with van der Waals surface area (Å²) in [7, 11) is 0. The molecule has 2 heterocycles. The van der Waals surface area contributed by atoms with E-state index in [-0.39, 0.29) is 30.8 Å². The van der Waals surface area contributed by atoms with E-state index in [9.17, 15) is 9.18 Å². The van der Waals surface area contributed by atoms with Crippen molar-refractivity contribution >= 4 is 5.91 Å². The molecular weight excluding hydrogens is 399 g/mol. The molecule has 0 N–H and O–H groups in total. The highest BCUT2D eigenvalue weighted by Gasteiger charge is 2.27. The molecule has 2 aromatic carbocycles. The van der Waals surface area contributed by atoms with Gasteiger partial charge in [-0.1, -0.05) is 35.5 Å². The Hall–Kier alpha value is -3.26.